The molecule has 6 nitrogen and oxygen atoms in total. The largest absolute Gasteiger partial charge is 0.342 e. The van der Waals surface area contributed by atoms with Crippen molar-refractivity contribution in [1.82, 2.24) is 19.9 Å². The molecule has 0 aliphatic carbocycles. The predicted octanol–water partition coefficient (Wildman–Crippen LogP) is 4.66. The monoisotopic (exact) mass is 436 g/mol. The van der Waals surface area contributed by atoms with E-state index in [1.807, 2.05) is 49.1 Å². The molecule has 1 fully saturated rings. The van der Waals surface area contributed by atoms with E-state index in [9.17, 15) is 9.18 Å². The number of benzene rings is 2. The Labute approximate surface area is 188 Å². The van der Waals surface area contributed by atoms with Crippen LogP contribution in [0.3, 0.4) is 0 Å². The first-order valence-corrected chi connectivity index (χ1v) is 11.3. The number of likely N-dealkylation sites (tertiary alicyclic amines) is 1. The van der Waals surface area contributed by atoms with Crippen LogP contribution in [0.1, 0.15) is 50.1 Å². The molecule has 4 rings (SSSR count). The first-order valence-electron chi connectivity index (χ1n) is 11.3. The van der Waals surface area contributed by atoms with Gasteiger partial charge in [-0.05, 0) is 50.9 Å². The molecular weight excluding hydrogens is 407 g/mol. The highest BCUT2D eigenvalue weighted by atomic mass is 19.1. The average molecular weight is 437 g/mol. The van der Waals surface area contributed by atoms with E-state index in [2.05, 4.69) is 15.0 Å². The fourth-order valence-corrected chi connectivity index (χ4v) is 4.44. The molecule has 168 valence electrons. The minimum atomic E-state index is -0.343. The highest BCUT2D eigenvalue weighted by molar-refractivity contribution is 5.83. The Hall–Kier alpha value is -3.06. The van der Waals surface area contributed by atoms with Crippen LogP contribution >= 0.6 is 0 Å². The molecule has 1 saturated heterocycles. The van der Waals surface area contributed by atoms with Crippen molar-refractivity contribution in [2.75, 3.05) is 26.2 Å². The average Bonchev–Trinajstić information content (AvgIpc) is 3.32. The van der Waals surface area contributed by atoms with Gasteiger partial charge in [-0.2, -0.15) is 4.98 Å². The van der Waals surface area contributed by atoms with Crippen LogP contribution in [0.5, 0.6) is 0 Å². The summed E-state index contributed by atoms with van der Waals surface area (Å²) >= 11 is 0. The van der Waals surface area contributed by atoms with Crippen LogP contribution < -0.4 is 0 Å². The van der Waals surface area contributed by atoms with Gasteiger partial charge in [-0.1, -0.05) is 47.6 Å². The van der Waals surface area contributed by atoms with E-state index in [0.717, 1.165) is 24.9 Å². The summed E-state index contributed by atoms with van der Waals surface area (Å²) in [5.74, 6) is 0.729. The molecule has 0 bridgehead atoms. The van der Waals surface area contributed by atoms with Crippen molar-refractivity contribution >= 4 is 5.91 Å². The van der Waals surface area contributed by atoms with Crippen LogP contribution in [0.4, 0.5) is 4.39 Å². The lowest BCUT2D eigenvalue weighted by Gasteiger charge is -2.38. The second-order valence-corrected chi connectivity index (χ2v) is 8.12. The van der Waals surface area contributed by atoms with Crippen molar-refractivity contribution < 1.29 is 13.7 Å². The Morgan fingerprint density at radius 1 is 1.19 bits per heavy atom. The molecule has 0 spiro atoms. The number of piperidine rings is 1. The van der Waals surface area contributed by atoms with E-state index in [1.165, 1.54) is 12.1 Å². The summed E-state index contributed by atoms with van der Waals surface area (Å²) in [5.41, 5.74) is 1.59. The summed E-state index contributed by atoms with van der Waals surface area (Å²) in [6.45, 7) is 6.85. The summed E-state index contributed by atoms with van der Waals surface area (Å²) in [7, 11) is 0. The second-order valence-electron chi connectivity index (χ2n) is 8.12. The molecule has 2 unspecified atom stereocenters. The molecule has 2 atom stereocenters. The fourth-order valence-electron chi connectivity index (χ4n) is 4.44. The highest BCUT2D eigenvalue weighted by Crippen LogP contribution is 2.33. The van der Waals surface area contributed by atoms with Gasteiger partial charge in [-0.3, -0.25) is 9.69 Å². The summed E-state index contributed by atoms with van der Waals surface area (Å²) in [4.78, 5) is 22.1. The SMILES string of the molecule is CCN(CC)C(=O)C(c1ccccc1)N1CCCC(c2nc(-c3cccc(F)c3)no2)C1. The Bertz CT molecular complexity index is 1040. The summed E-state index contributed by atoms with van der Waals surface area (Å²) in [6, 6.07) is 15.8. The van der Waals surface area contributed by atoms with Crippen LogP contribution in [-0.4, -0.2) is 52.0 Å². The van der Waals surface area contributed by atoms with Crippen molar-refractivity contribution in [2.45, 2.75) is 38.6 Å². The first kappa shape index (κ1) is 22.1. The van der Waals surface area contributed by atoms with Gasteiger partial charge in [0.25, 0.3) is 0 Å². The smallest absolute Gasteiger partial charge is 0.244 e. The van der Waals surface area contributed by atoms with Gasteiger partial charge in [0, 0.05) is 25.2 Å². The van der Waals surface area contributed by atoms with Gasteiger partial charge in [-0.25, -0.2) is 4.39 Å². The molecule has 2 aromatic carbocycles. The molecule has 2 heterocycles. The highest BCUT2D eigenvalue weighted by Gasteiger charge is 2.35. The topological polar surface area (TPSA) is 62.5 Å². The summed E-state index contributed by atoms with van der Waals surface area (Å²) in [6.07, 6.45) is 1.83. The number of rotatable bonds is 7. The fraction of sp³-hybridized carbons (Fsp3) is 0.400. The number of carbonyl (C=O) groups is 1. The molecule has 1 amide bonds. The van der Waals surface area contributed by atoms with Gasteiger partial charge in [0.2, 0.25) is 17.6 Å². The third-order valence-electron chi connectivity index (χ3n) is 6.12. The number of nitrogens with zero attached hydrogens (tertiary/aromatic N) is 4. The van der Waals surface area contributed by atoms with Crippen LogP contribution in [0, 0.1) is 5.82 Å². The van der Waals surface area contributed by atoms with Crippen molar-refractivity contribution in [2.24, 2.45) is 0 Å². The number of hydrogen-bond donors (Lipinski definition) is 0. The Kier molecular flexibility index (Phi) is 6.95. The summed E-state index contributed by atoms with van der Waals surface area (Å²) in [5, 5.41) is 4.07. The Balaban J connectivity index is 1.58. The Morgan fingerprint density at radius 2 is 1.97 bits per heavy atom. The van der Waals surface area contributed by atoms with Crippen molar-refractivity contribution in [1.29, 1.82) is 0 Å². The molecule has 1 aromatic heterocycles. The van der Waals surface area contributed by atoms with E-state index in [4.69, 9.17) is 4.52 Å². The number of aromatic nitrogens is 2. The molecule has 0 saturated carbocycles. The van der Waals surface area contributed by atoms with E-state index < -0.39 is 0 Å². The number of carbonyl (C=O) groups excluding carboxylic acids is 1. The lowest BCUT2D eigenvalue weighted by molar-refractivity contribution is -0.137. The molecular formula is C25H29FN4O2. The van der Waals surface area contributed by atoms with Gasteiger partial charge < -0.3 is 9.42 Å². The van der Waals surface area contributed by atoms with Gasteiger partial charge >= 0.3 is 0 Å². The molecule has 1 aliphatic heterocycles. The van der Waals surface area contributed by atoms with Gasteiger partial charge in [0.15, 0.2) is 0 Å². The molecule has 0 radical (unpaired) electrons. The van der Waals surface area contributed by atoms with E-state index >= 15 is 0 Å². The quantitative estimate of drug-likeness (QED) is 0.539. The van der Waals surface area contributed by atoms with E-state index in [-0.39, 0.29) is 23.7 Å². The molecule has 1 aliphatic rings. The maximum Gasteiger partial charge on any atom is 0.244 e. The molecule has 0 N–H and O–H groups in total. The minimum absolute atomic E-state index is 0.0225. The molecule has 7 heteroatoms. The molecule has 32 heavy (non-hydrogen) atoms. The summed E-state index contributed by atoms with van der Waals surface area (Å²) < 4.78 is 19.2. The minimum Gasteiger partial charge on any atom is -0.342 e. The standard InChI is InChI=1S/C25H29FN4O2/c1-3-29(4-2)25(31)22(18-10-6-5-7-11-18)30-15-9-13-20(17-30)24-27-23(28-32-24)19-12-8-14-21(26)16-19/h5-8,10-12,14,16,20,22H,3-4,9,13,15,17H2,1-2H3. The zero-order chi connectivity index (χ0) is 22.5. The zero-order valence-electron chi connectivity index (χ0n) is 18.6. The van der Waals surface area contributed by atoms with Crippen molar-refractivity contribution in [3.05, 3.63) is 71.9 Å². The number of amides is 1. The lowest BCUT2D eigenvalue weighted by atomic mass is 9.94. The second kappa shape index (κ2) is 10.0. The molecule has 3 aromatic rings. The van der Waals surface area contributed by atoms with Crippen LogP contribution in [0.25, 0.3) is 11.4 Å². The van der Waals surface area contributed by atoms with E-state index in [1.54, 1.807) is 12.1 Å². The lowest BCUT2D eigenvalue weighted by Crippen LogP contribution is -2.46. The van der Waals surface area contributed by atoms with Crippen LogP contribution in [0.15, 0.2) is 59.1 Å². The van der Waals surface area contributed by atoms with Crippen molar-refractivity contribution in [3.8, 4) is 11.4 Å². The first-order chi connectivity index (χ1) is 15.6. The van der Waals surface area contributed by atoms with Gasteiger partial charge in [0.05, 0.1) is 5.92 Å². The third-order valence-corrected chi connectivity index (χ3v) is 6.12. The zero-order valence-corrected chi connectivity index (χ0v) is 18.6. The number of halogens is 1. The van der Waals surface area contributed by atoms with Gasteiger partial charge in [-0.15, -0.1) is 0 Å². The van der Waals surface area contributed by atoms with Crippen molar-refractivity contribution in [3.63, 3.8) is 0 Å². The maximum absolute atomic E-state index is 13.6. The van der Waals surface area contributed by atoms with E-state index in [0.29, 0.717) is 36.9 Å². The number of hydrogen-bond acceptors (Lipinski definition) is 5. The van der Waals surface area contributed by atoms with Gasteiger partial charge in [0.1, 0.15) is 11.9 Å². The Morgan fingerprint density at radius 3 is 2.69 bits per heavy atom. The van der Waals surface area contributed by atoms with Crippen LogP contribution in [0.2, 0.25) is 0 Å². The number of likely N-dealkylation sites (N-methyl/N-ethyl adjacent to an activating group) is 1. The van der Waals surface area contributed by atoms with Crippen LogP contribution in [-0.2, 0) is 4.79 Å². The third kappa shape index (κ3) is 4.72. The normalized spacial score (nSPS) is 17.8. The maximum atomic E-state index is 13.6. The predicted molar refractivity (Wildman–Crippen MR) is 120 cm³/mol.